The van der Waals surface area contributed by atoms with Crippen molar-refractivity contribution in [1.29, 1.82) is 0 Å². The highest BCUT2D eigenvalue weighted by Crippen LogP contribution is 2.40. The van der Waals surface area contributed by atoms with Crippen molar-refractivity contribution in [2.75, 3.05) is 30.9 Å². The average Bonchev–Trinajstić information content (AvgIpc) is 3.56. The minimum atomic E-state index is -3.24. The highest BCUT2D eigenvalue weighted by Gasteiger charge is 2.34. The van der Waals surface area contributed by atoms with Gasteiger partial charge in [0, 0.05) is 25.2 Å². The largest absolute Gasteiger partial charge is 0.492 e. The molecule has 172 valence electrons. The van der Waals surface area contributed by atoms with E-state index in [-0.39, 0.29) is 19.1 Å². The number of carbonyl (C=O) groups excluding carboxylic acids is 1. The van der Waals surface area contributed by atoms with E-state index < -0.39 is 16.1 Å². The smallest absolute Gasteiger partial charge is 0.268 e. The maximum absolute atomic E-state index is 13.0. The normalized spacial score (nSPS) is 18.8. The van der Waals surface area contributed by atoms with Crippen LogP contribution in [0.5, 0.6) is 11.5 Å². The van der Waals surface area contributed by atoms with Gasteiger partial charge in [-0.3, -0.25) is 4.79 Å². The van der Waals surface area contributed by atoms with Crippen LogP contribution < -0.4 is 19.1 Å². The first-order chi connectivity index (χ1) is 15.3. The third kappa shape index (κ3) is 5.61. The fourth-order valence-electron chi connectivity index (χ4n) is 3.96. The average molecular weight is 459 g/mol. The van der Waals surface area contributed by atoms with Gasteiger partial charge in [-0.1, -0.05) is 19.1 Å². The third-order valence-corrected chi connectivity index (χ3v) is 6.55. The number of aryl methyl sites for hydroxylation is 1. The predicted octanol–water partition coefficient (Wildman–Crippen LogP) is 3.24. The van der Waals surface area contributed by atoms with Gasteiger partial charge in [0.25, 0.3) is 5.91 Å². The summed E-state index contributed by atoms with van der Waals surface area (Å²) in [6.45, 7) is 3.06. The molecule has 2 aromatic rings. The Kier molecular flexibility index (Phi) is 6.71. The van der Waals surface area contributed by atoms with E-state index in [2.05, 4.69) is 16.9 Å². The van der Waals surface area contributed by atoms with Gasteiger partial charge < -0.3 is 14.4 Å². The monoisotopic (exact) mass is 458 g/mol. The van der Waals surface area contributed by atoms with E-state index in [1.54, 1.807) is 4.90 Å². The van der Waals surface area contributed by atoms with E-state index in [4.69, 9.17) is 9.47 Å². The number of amides is 1. The molecule has 0 spiro atoms. The molecule has 1 heterocycles. The molecule has 1 aliphatic carbocycles. The van der Waals surface area contributed by atoms with Crippen molar-refractivity contribution in [3.8, 4) is 11.5 Å². The van der Waals surface area contributed by atoms with Gasteiger partial charge in [0.15, 0.2) is 6.10 Å². The van der Waals surface area contributed by atoms with Crippen LogP contribution in [0.25, 0.3) is 0 Å². The van der Waals surface area contributed by atoms with Crippen LogP contribution in [0, 0.1) is 0 Å². The Morgan fingerprint density at radius 2 is 1.84 bits per heavy atom. The second kappa shape index (κ2) is 9.50. The minimum Gasteiger partial charge on any atom is -0.492 e. The van der Waals surface area contributed by atoms with Gasteiger partial charge in [-0.2, -0.15) is 0 Å². The van der Waals surface area contributed by atoms with Gasteiger partial charge in [-0.05, 0) is 66.6 Å². The van der Waals surface area contributed by atoms with E-state index in [1.807, 2.05) is 37.3 Å². The van der Waals surface area contributed by atoms with E-state index in [0.29, 0.717) is 24.6 Å². The molecule has 2 aromatic carbocycles. The number of carbonyl (C=O) groups is 1. The first-order valence-electron chi connectivity index (χ1n) is 11.1. The molecule has 0 bridgehead atoms. The zero-order chi connectivity index (χ0) is 22.7. The van der Waals surface area contributed by atoms with Crippen molar-refractivity contribution >= 4 is 21.6 Å². The molecule has 1 atom stereocenters. The summed E-state index contributed by atoms with van der Waals surface area (Å²) in [5, 5.41) is 0. The van der Waals surface area contributed by atoms with Gasteiger partial charge in [0.05, 0.1) is 6.26 Å². The van der Waals surface area contributed by atoms with Crippen molar-refractivity contribution in [2.24, 2.45) is 0 Å². The predicted molar refractivity (Wildman–Crippen MR) is 124 cm³/mol. The summed E-state index contributed by atoms with van der Waals surface area (Å²) >= 11 is 0. The molecule has 1 saturated heterocycles. The van der Waals surface area contributed by atoms with Crippen LogP contribution in [0.4, 0.5) is 5.69 Å². The van der Waals surface area contributed by atoms with E-state index in [0.717, 1.165) is 29.7 Å². The Labute approximate surface area is 189 Å². The number of benzene rings is 2. The maximum atomic E-state index is 13.0. The fourth-order valence-corrected chi connectivity index (χ4v) is 4.41. The number of rotatable bonds is 10. The summed E-state index contributed by atoms with van der Waals surface area (Å²) in [7, 11) is -3.24. The van der Waals surface area contributed by atoms with Crippen LogP contribution >= 0.6 is 0 Å². The summed E-state index contributed by atoms with van der Waals surface area (Å²) < 4.78 is 36.5. The Morgan fingerprint density at radius 1 is 1.09 bits per heavy atom. The molecular formula is C24H30N2O5S. The summed E-state index contributed by atoms with van der Waals surface area (Å²) in [6.07, 6.45) is 4.53. The Balaban J connectivity index is 1.37. The van der Waals surface area contributed by atoms with E-state index >= 15 is 0 Å². The Morgan fingerprint density at radius 3 is 2.50 bits per heavy atom. The topological polar surface area (TPSA) is 84.9 Å². The van der Waals surface area contributed by atoms with E-state index in [1.165, 1.54) is 18.4 Å². The lowest BCUT2D eigenvalue weighted by molar-refractivity contribution is -0.122. The van der Waals surface area contributed by atoms with Gasteiger partial charge in [0.1, 0.15) is 18.1 Å². The molecule has 8 heteroatoms. The maximum Gasteiger partial charge on any atom is 0.268 e. The molecule has 4 rings (SSSR count). The van der Waals surface area contributed by atoms with Crippen LogP contribution in [-0.2, 0) is 21.2 Å². The van der Waals surface area contributed by atoms with Crippen LogP contribution in [0.3, 0.4) is 0 Å². The van der Waals surface area contributed by atoms with Gasteiger partial charge in [-0.25, -0.2) is 13.1 Å². The zero-order valence-electron chi connectivity index (χ0n) is 18.5. The SMILES string of the molecule is CCc1cc(N2CC[C@H](Oc3ccc(C4CC4)cc3)C2=O)ccc1OCCNS(C)(=O)=O. The number of hydrogen-bond acceptors (Lipinski definition) is 5. The van der Waals surface area contributed by atoms with Gasteiger partial charge in [0.2, 0.25) is 10.0 Å². The second-order valence-electron chi connectivity index (χ2n) is 8.39. The van der Waals surface area contributed by atoms with Crippen molar-refractivity contribution < 1.29 is 22.7 Å². The van der Waals surface area contributed by atoms with Gasteiger partial charge >= 0.3 is 0 Å². The standard InChI is InChI=1S/C24H30N2O5S/c1-3-17-16-20(8-11-22(17)30-15-13-25-32(2,28)29)26-14-12-23(24(26)27)31-21-9-6-19(7-10-21)18-4-5-18/h6-11,16,18,23,25H,3-5,12-15H2,1-2H3/t23-/m0/s1. The van der Waals surface area contributed by atoms with Crippen molar-refractivity contribution in [2.45, 2.75) is 44.6 Å². The molecule has 1 saturated carbocycles. The lowest BCUT2D eigenvalue weighted by Crippen LogP contribution is -2.32. The zero-order valence-corrected chi connectivity index (χ0v) is 19.4. The fraction of sp³-hybridized carbons (Fsp3) is 0.458. The molecule has 2 aliphatic rings. The Bertz CT molecular complexity index is 1060. The number of hydrogen-bond donors (Lipinski definition) is 1. The summed E-state index contributed by atoms with van der Waals surface area (Å²) in [6, 6.07) is 13.8. The molecule has 0 radical (unpaired) electrons. The molecule has 1 aliphatic heterocycles. The Hall–Kier alpha value is -2.58. The van der Waals surface area contributed by atoms with E-state index in [9.17, 15) is 13.2 Å². The summed E-state index contributed by atoms with van der Waals surface area (Å²) in [4.78, 5) is 14.8. The van der Waals surface area contributed by atoms with Crippen LogP contribution in [0.1, 0.15) is 43.2 Å². The molecule has 2 fully saturated rings. The first-order valence-corrected chi connectivity index (χ1v) is 13.0. The minimum absolute atomic E-state index is 0.0376. The summed E-state index contributed by atoms with van der Waals surface area (Å²) in [5.41, 5.74) is 3.14. The van der Waals surface area contributed by atoms with Crippen molar-refractivity contribution in [3.05, 3.63) is 53.6 Å². The van der Waals surface area contributed by atoms with Crippen molar-refractivity contribution in [1.82, 2.24) is 4.72 Å². The number of nitrogens with one attached hydrogen (secondary N) is 1. The van der Waals surface area contributed by atoms with Crippen LogP contribution in [-0.4, -0.2) is 46.4 Å². The lowest BCUT2D eigenvalue weighted by Gasteiger charge is -2.20. The number of nitrogens with zero attached hydrogens (tertiary/aromatic N) is 1. The number of ether oxygens (including phenoxy) is 2. The quantitative estimate of drug-likeness (QED) is 0.553. The third-order valence-electron chi connectivity index (χ3n) is 5.82. The highest BCUT2D eigenvalue weighted by atomic mass is 32.2. The molecule has 0 aromatic heterocycles. The van der Waals surface area contributed by atoms with Crippen LogP contribution in [0.2, 0.25) is 0 Å². The van der Waals surface area contributed by atoms with Gasteiger partial charge in [-0.15, -0.1) is 0 Å². The molecular weight excluding hydrogens is 428 g/mol. The molecule has 0 unspecified atom stereocenters. The lowest BCUT2D eigenvalue weighted by atomic mass is 10.1. The number of anilines is 1. The summed E-state index contributed by atoms with van der Waals surface area (Å²) in [5.74, 6) is 2.09. The molecule has 32 heavy (non-hydrogen) atoms. The molecule has 1 N–H and O–H groups in total. The molecule has 7 nitrogen and oxygen atoms in total. The second-order valence-corrected chi connectivity index (χ2v) is 10.2. The number of sulfonamides is 1. The first kappa shape index (κ1) is 22.6. The molecule has 1 amide bonds. The van der Waals surface area contributed by atoms with Crippen molar-refractivity contribution in [3.63, 3.8) is 0 Å². The highest BCUT2D eigenvalue weighted by molar-refractivity contribution is 7.88. The van der Waals surface area contributed by atoms with Crippen LogP contribution in [0.15, 0.2) is 42.5 Å².